The summed E-state index contributed by atoms with van der Waals surface area (Å²) in [5.74, 6) is 1.06. The first kappa shape index (κ1) is 19.4. The highest BCUT2D eigenvalue weighted by Gasteiger charge is 2.45. The maximum Gasteiger partial charge on any atom is 0.272 e. The van der Waals surface area contributed by atoms with E-state index in [-0.39, 0.29) is 16.9 Å². The quantitative estimate of drug-likeness (QED) is 0.848. The molecule has 2 saturated heterocycles. The summed E-state index contributed by atoms with van der Waals surface area (Å²) in [6.45, 7) is 9.01. The third kappa shape index (κ3) is 3.54. The fraction of sp³-hybridized carbons (Fsp3) is 0.500. The first-order valence-corrected chi connectivity index (χ1v) is 10.9. The van der Waals surface area contributed by atoms with Gasteiger partial charge in [-0.25, -0.2) is 4.98 Å². The molecule has 0 bridgehead atoms. The Morgan fingerprint density at radius 1 is 1.17 bits per heavy atom. The maximum absolute atomic E-state index is 12.9. The van der Waals surface area contributed by atoms with Gasteiger partial charge in [-0.1, -0.05) is 12.1 Å². The summed E-state index contributed by atoms with van der Waals surface area (Å²) in [4.78, 5) is 21.6. The van der Waals surface area contributed by atoms with E-state index in [1.54, 1.807) is 18.3 Å². The molecule has 1 atom stereocenters. The van der Waals surface area contributed by atoms with Crippen molar-refractivity contribution in [2.45, 2.75) is 45.3 Å². The normalized spacial score (nSPS) is 24.9. The van der Waals surface area contributed by atoms with Gasteiger partial charge in [0.2, 0.25) is 0 Å². The molecule has 0 aliphatic carbocycles. The molecule has 158 valence electrons. The minimum atomic E-state index is -0.118. The standard InChI is InChI=1S/C24H30N4O2/c1-23(2)12-19-17(4-3-5-21(19)30-23)14-27-10-8-24(15-27)9-11-28(16-24)22(29)20-7-6-18(25)13-26-20/h3-7,13H,8-12,14-16,25H2,1-2H3. The average molecular weight is 407 g/mol. The molecule has 6 nitrogen and oxygen atoms in total. The fourth-order valence-electron chi connectivity index (χ4n) is 5.35. The van der Waals surface area contributed by atoms with Crippen molar-refractivity contribution >= 4 is 11.6 Å². The van der Waals surface area contributed by atoms with Crippen molar-refractivity contribution in [3.8, 4) is 5.75 Å². The molecule has 0 saturated carbocycles. The largest absolute Gasteiger partial charge is 0.487 e. The Bertz CT molecular complexity index is 972. The van der Waals surface area contributed by atoms with Crippen molar-refractivity contribution in [3.05, 3.63) is 53.3 Å². The Kier molecular flexibility index (Phi) is 4.51. The number of nitrogens with two attached hydrogens (primary N) is 1. The summed E-state index contributed by atoms with van der Waals surface area (Å²) in [6.07, 6.45) is 4.73. The highest BCUT2D eigenvalue weighted by molar-refractivity contribution is 5.92. The second-order valence-corrected chi connectivity index (χ2v) is 9.85. The highest BCUT2D eigenvalue weighted by Crippen LogP contribution is 2.42. The number of nitrogens with zero attached hydrogens (tertiary/aromatic N) is 3. The van der Waals surface area contributed by atoms with E-state index in [0.717, 1.165) is 57.7 Å². The summed E-state index contributed by atoms with van der Waals surface area (Å²) in [5, 5.41) is 0. The Morgan fingerprint density at radius 2 is 2.00 bits per heavy atom. The minimum Gasteiger partial charge on any atom is -0.487 e. The summed E-state index contributed by atoms with van der Waals surface area (Å²) >= 11 is 0. The second-order valence-electron chi connectivity index (χ2n) is 9.85. The van der Waals surface area contributed by atoms with Crippen molar-refractivity contribution in [2.24, 2.45) is 5.41 Å². The number of anilines is 1. The number of benzene rings is 1. The molecule has 3 aliphatic rings. The zero-order valence-corrected chi connectivity index (χ0v) is 17.9. The van der Waals surface area contributed by atoms with Crippen LogP contribution >= 0.6 is 0 Å². The summed E-state index contributed by atoms with van der Waals surface area (Å²) < 4.78 is 6.11. The van der Waals surface area contributed by atoms with E-state index in [1.165, 1.54) is 11.1 Å². The number of likely N-dealkylation sites (tertiary alicyclic amines) is 2. The molecule has 2 fully saturated rings. The van der Waals surface area contributed by atoms with Crippen LogP contribution in [0.3, 0.4) is 0 Å². The molecule has 4 heterocycles. The lowest BCUT2D eigenvalue weighted by Crippen LogP contribution is -2.34. The number of fused-ring (bicyclic) bond motifs is 1. The third-order valence-corrected chi connectivity index (χ3v) is 6.86. The fourth-order valence-corrected chi connectivity index (χ4v) is 5.35. The van der Waals surface area contributed by atoms with E-state index in [2.05, 4.69) is 41.9 Å². The van der Waals surface area contributed by atoms with E-state index in [0.29, 0.717) is 11.4 Å². The van der Waals surface area contributed by atoms with Gasteiger partial charge < -0.3 is 15.4 Å². The van der Waals surface area contributed by atoms with Gasteiger partial charge in [0.25, 0.3) is 5.91 Å². The van der Waals surface area contributed by atoms with Gasteiger partial charge in [0.1, 0.15) is 17.0 Å². The number of aromatic nitrogens is 1. The maximum atomic E-state index is 12.9. The van der Waals surface area contributed by atoms with Gasteiger partial charge in [0, 0.05) is 43.6 Å². The molecule has 1 aromatic carbocycles. The Morgan fingerprint density at radius 3 is 2.80 bits per heavy atom. The van der Waals surface area contributed by atoms with Gasteiger partial charge in [-0.3, -0.25) is 9.69 Å². The first-order chi connectivity index (χ1) is 14.3. The monoisotopic (exact) mass is 406 g/mol. The second kappa shape index (κ2) is 6.98. The summed E-state index contributed by atoms with van der Waals surface area (Å²) in [7, 11) is 0. The first-order valence-electron chi connectivity index (χ1n) is 10.9. The number of rotatable bonds is 3. The molecular weight excluding hydrogens is 376 g/mol. The van der Waals surface area contributed by atoms with Crippen molar-refractivity contribution in [1.29, 1.82) is 0 Å². The lowest BCUT2D eigenvalue weighted by molar-refractivity contribution is 0.0767. The molecular formula is C24H30N4O2. The van der Waals surface area contributed by atoms with Crippen LogP contribution in [-0.4, -0.2) is 52.5 Å². The van der Waals surface area contributed by atoms with E-state index in [4.69, 9.17) is 10.5 Å². The molecule has 2 aromatic rings. The molecule has 1 spiro atoms. The zero-order chi connectivity index (χ0) is 20.9. The van der Waals surface area contributed by atoms with Crippen LogP contribution in [0.2, 0.25) is 0 Å². The van der Waals surface area contributed by atoms with Crippen molar-refractivity contribution in [2.75, 3.05) is 31.9 Å². The Labute approximate surface area is 178 Å². The molecule has 1 amide bonds. The number of amides is 1. The molecule has 1 aromatic heterocycles. The average Bonchev–Trinajstić information content (AvgIpc) is 3.39. The van der Waals surface area contributed by atoms with Crippen LogP contribution in [0.1, 0.15) is 48.3 Å². The van der Waals surface area contributed by atoms with E-state index in [1.807, 2.05) is 4.90 Å². The molecule has 3 aliphatic heterocycles. The van der Waals surface area contributed by atoms with Crippen molar-refractivity contribution < 1.29 is 9.53 Å². The predicted octanol–water partition coefficient (Wildman–Crippen LogP) is 3.12. The number of nitrogen functional groups attached to an aromatic ring is 1. The zero-order valence-electron chi connectivity index (χ0n) is 17.9. The van der Waals surface area contributed by atoms with Crippen LogP contribution in [-0.2, 0) is 13.0 Å². The van der Waals surface area contributed by atoms with Crippen molar-refractivity contribution in [3.63, 3.8) is 0 Å². The van der Waals surface area contributed by atoms with Gasteiger partial charge in [0.05, 0.1) is 11.9 Å². The minimum absolute atomic E-state index is 0.0191. The highest BCUT2D eigenvalue weighted by atomic mass is 16.5. The summed E-state index contributed by atoms with van der Waals surface area (Å²) in [6, 6.07) is 9.91. The smallest absolute Gasteiger partial charge is 0.272 e. The van der Waals surface area contributed by atoms with Crippen LogP contribution in [0.15, 0.2) is 36.5 Å². The van der Waals surface area contributed by atoms with Crippen molar-refractivity contribution in [1.82, 2.24) is 14.8 Å². The molecule has 30 heavy (non-hydrogen) atoms. The van der Waals surface area contributed by atoms with Gasteiger partial charge in [-0.05, 0) is 57.0 Å². The Balaban J connectivity index is 1.24. The van der Waals surface area contributed by atoms with E-state index in [9.17, 15) is 4.79 Å². The molecule has 0 radical (unpaired) electrons. The van der Waals surface area contributed by atoms with Crippen LogP contribution in [0, 0.1) is 5.41 Å². The molecule has 6 heteroatoms. The van der Waals surface area contributed by atoms with Crippen LogP contribution < -0.4 is 10.5 Å². The predicted molar refractivity (Wildman–Crippen MR) is 116 cm³/mol. The number of hydrogen-bond acceptors (Lipinski definition) is 5. The lowest BCUT2D eigenvalue weighted by atomic mass is 9.86. The molecule has 2 N–H and O–H groups in total. The number of carbonyl (C=O) groups is 1. The number of hydrogen-bond donors (Lipinski definition) is 1. The van der Waals surface area contributed by atoms with Gasteiger partial charge in [-0.2, -0.15) is 0 Å². The molecule has 1 unspecified atom stereocenters. The summed E-state index contributed by atoms with van der Waals surface area (Å²) in [5.41, 5.74) is 9.60. The lowest BCUT2D eigenvalue weighted by Gasteiger charge is -2.25. The topological polar surface area (TPSA) is 71.7 Å². The number of pyridine rings is 1. The number of carbonyl (C=O) groups excluding carboxylic acids is 1. The Hall–Kier alpha value is -2.60. The molecule has 5 rings (SSSR count). The van der Waals surface area contributed by atoms with Crippen LogP contribution in [0.5, 0.6) is 5.75 Å². The van der Waals surface area contributed by atoms with E-state index >= 15 is 0 Å². The van der Waals surface area contributed by atoms with Gasteiger partial charge in [0.15, 0.2) is 0 Å². The third-order valence-electron chi connectivity index (χ3n) is 6.86. The number of ether oxygens (including phenoxy) is 1. The van der Waals surface area contributed by atoms with E-state index < -0.39 is 0 Å². The van der Waals surface area contributed by atoms with Gasteiger partial charge in [-0.15, -0.1) is 0 Å². The SMILES string of the molecule is CC1(C)Cc2c(CN3CCC4(CCN(C(=O)c5ccc(N)cn5)C4)C3)cccc2O1. The van der Waals surface area contributed by atoms with Crippen LogP contribution in [0.4, 0.5) is 5.69 Å². The van der Waals surface area contributed by atoms with Gasteiger partial charge >= 0.3 is 0 Å². The van der Waals surface area contributed by atoms with Crippen LogP contribution in [0.25, 0.3) is 0 Å².